The fourth-order valence-corrected chi connectivity index (χ4v) is 0.258. The van der Waals surface area contributed by atoms with Crippen molar-refractivity contribution in [2.24, 2.45) is 0 Å². The highest BCUT2D eigenvalue weighted by Gasteiger charge is 2.07. The van der Waals surface area contributed by atoms with E-state index in [0.717, 1.165) is 0 Å². The van der Waals surface area contributed by atoms with Gasteiger partial charge in [-0.15, -0.1) is 0 Å². The molecular formula is C11H14Cl2O4. The van der Waals surface area contributed by atoms with E-state index in [9.17, 15) is 9.59 Å². The summed E-state index contributed by atoms with van der Waals surface area (Å²) in [6, 6.07) is 0. The van der Waals surface area contributed by atoms with Crippen molar-refractivity contribution in [3.8, 4) is 0 Å². The monoisotopic (exact) mass is 280 g/mol. The third-order valence-corrected chi connectivity index (χ3v) is 0.834. The Bertz CT molecular complexity index is 299. The van der Waals surface area contributed by atoms with E-state index in [4.69, 9.17) is 33.4 Å². The summed E-state index contributed by atoms with van der Waals surface area (Å²) in [5.74, 6) is -2.44. The number of hydrogen-bond donors (Lipinski definition) is 2. The second kappa shape index (κ2) is 14.5. The van der Waals surface area contributed by atoms with Crippen LogP contribution in [0.3, 0.4) is 0 Å². The standard InChI is InChI=1S/C5H6O4.C4H6.C2H2Cl2/c1-3(5(8)9)2-4(6)7;1-3-4-2;1-2(3)4/h1-2H2,(H,6,7)(H,8,9);3-4H,1-2H2;1H2. The summed E-state index contributed by atoms with van der Waals surface area (Å²) in [4.78, 5) is 19.7. The lowest BCUT2D eigenvalue weighted by atomic mass is 10.2. The predicted octanol–water partition coefficient (Wildman–Crippen LogP) is 3.40. The molecule has 6 heteroatoms. The first-order valence-corrected chi connectivity index (χ1v) is 4.80. The topological polar surface area (TPSA) is 74.6 Å². The number of halogens is 2. The molecule has 96 valence electrons. The number of rotatable bonds is 4. The maximum atomic E-state index is 9.87. The van der Waals surface area contributed by atoms with E-state index in [2.05, 4.69) is 26.3 Å². The van der Waals surface area contributed by atoms with Gasteiger partial charge in [0.25, 0.3) is 0 Å². The summed E-state index contributed by atoms with van der Waals surface area (Å²) < 4.78 is 0.111. The van der Waals surface area contributed by atoms with Crippen LogP contribution in [0.25, 0.3) is 0 Å². The first kappa shape index (κ1) is 20.8. The fourth-order valence-electron chi connectivity index (χ4n) is 0.258. The van der Waals surface area contributed by atoms with Gasteiger partial charge >= 0.3 is 11.9 Å². The Hall–Kier alpha value is -1.52. The highest BCUT2D eigenvalue weighted by molar-refractivity contribution is 6.55. The van der Waals surface area contributed by atoms with Crippen LogP contribution >= 0.6 is 23.2 Å². The van der Waals surface area contributed by atoms with Gasteiger partial charge in [-0.1, -0.05) is 61.7 Å². The molecule has 0 fully saturated rings. The summed E-state index contributed by atoms with van der Waals surface area (Å²) in [5, 5.41) is 16.1. The second-order valence-electron chi connectivity index (χ2n) is 2.29. The highest BCUT2D eigenvalue weighted by atomic mass is 35.5. The molecule has 0 spiro atoms. The van der Waals surface area contributed by atoms with E-state index < -0.39 is 18.4 Å². The average molecular weight is 281 g/mol. The lowest BCUT2D eigenvalue weighted by Gasteiger charge is -1.91. The quantitative estimate of drug-likeness (QED) is 0.611. The molecule has 0 saturated heterocycles. The van der Waals surface area contributed by atoms with Crippen LogP contribution in [0.1, 0.15) is 6.42 Å². The van der Waals surface area contributed by atoms with Crippen molar-refractivity contribution in [3.63, 3.8) is 0 Å². The molecule has 0 saturated carbocycles. The van der Waals surface area contributed by atoms with Gasteiger partial charge in [0, 0.05) is 5.57 Å². The summed E-state index contributed by atoms with van der Waals surface area (Å²) >= 11 is 9.69. The van der Waals surface area contributed by atoms with E-state index >= 15 is 0 Å². The normalized spacial score (nSPS) is 7.18. The molecule has 0 aromatic carbocycles. The van der Waals surface area contributed by atoms with Crippen molar-refractivity contribution >= 4 is 35.1 Å². The Morgan fingerprint density at radius 2 is 1.35 bits per heavy atom. The molecule has 4 nitrogen and oxygen atoms in total. The summed E-state index contributed by atoms with van der Waals surface area (Å²) in [7, 11) is 0. The maximum Gasteiger partial charge on any atom is 0.331 e. The Labute approximate surface area is 110 Å². The predicted molar refractivity (Wildman–Crippen MR) is 70.3 cm³/mol. The molecule has 0 aliphatic rings. The molecule has 2 N–H and O–H groups in total. The molecule has 0 bridgehead atoms. The molecule has 0 amide bonds. The van der Waals surface area contributed by atoms with E-state index in [1.807, 2.05) is 0 Å². The molecule has 0 heterocycles. The largest absolute Gasteiger partial charge is 0.481 e. The van der Waals surface area contributed by atoms with E-state index in [1.54, 1.807) is 12.2 Å². The van der Waals surface area contributed by atoms with Gasteiger partial charge in [-0.05, 0) is 0 Å². The van der Waals surface area contributed by atoms with Crippen LogP contribution in [0.15, 0.2) is 48.5 Å². The van der Waals surface area contributed by atoms with Crippen LogP contribution in [-0.4, -0.2) is 22.2 Å². The van der Waals surface area contributed by atoms with Gasteiger partial charge in [0.15, 0.2) is 0 Å². The number of carboxylic acid groups (broad SMARTS) is 2. The number of carbonyl (C=O) groups is 2. The van der Waals surface area contributed by atoms with Crippen molar-refractivity contribution < 1.29 is 19.8 Å². The summed E-state index contributed by atoms with van der Waals surface area (Å²) in [5.41, 5.74) is -0.303. The van der Waals surface area contributed by atoms with Crippen molar-refractivity contribution in [1.29, 1.82) is 0 Å². The van der Waals surface area contributed by atoms with Crippen LogP contribution in [0.5, 0.6) is 0 Å². The molecule has 0 radical (unpaired) electrons. The molecule has 0 aliphatic carbocycles. The van der Waals surface area contributed by atoms with Crippen LogP contribution in [0, 0.1) is 0 Å². The molecule has 17 heavy (non-hydrogen) atoms. The first-order valence-electron chi connectivity index (χ1n) is 4.05. The molecule has 0 aromatic rings. The van der Waals surface area contributed by atoms with Crippen LogP contribution in [-0.2, 0) is 9.59 Å². The molecule has 0 unspecified atom stereocenters. The number of allylic oxidation sites excluding steroid dienone is 2. The van der Waals surface area contributed by atoms with Gasteiger partial charge in [-0.2, -0.15) is 0 Å². The van der Waals surface area contributed by atoms with Gasteiger partial charge in [-0.3, -0.25) is 4.79 Å². The lowest BCUT2D eigenvalue weighted by Crippen LogP contribution is -2.04. The van der Waals surface area contributed by atoms with Crippen molar-refractivity contribution in [1.82, 2.24) is 0 Å². The van der Waals surface area contributed by atoms with E-state index in [1.165, 1.54) is 0 Å². The van der Waals surface area contributed by atoms with Crippen molar-refractivity contribution in [2.45, 2.75) is 6.42 Å². The van der Waals surface area contributed by atoms with E-state index in [-0.39, 0.29) is 10.1 Å². The fraction of sp³-hybridized carbons (Fsp3) is 0.0909. The van der Waals surface area contributed by atoms with Gasteiger partial charge in [-0.25, -0.2) is 4.79 Å². The average Bonchev–Trinajstić information content (AvgIpc) is 2.16. The molecular weight excluding hydrogens is 267 g/mol. The second-order valence-corrected chi connectivity index (χ2v) is 3.40. The summed E-state index contributed by atoms with van der Waals surface area (Å²) in [6.45, 7) is 12.8. The zero-order valence-corrected chi connectivity index (χ0v) is 10.7. The van der Waals surface area contributed by atoms with Gasteiger partial charge in [0.1, 0.15) is 0 Å². The smallest absolute Gasteiger partial charge is 0.331 e. The van der Waals surface area contributed by atoms with Crippen molar-refractivity contribution in [2.75, 3.05) is 0 Å². The van der Waals surface area contributed by atoms with Crippen molar-refractivity contribution in [3.05, 3.63) is 48.5 Å². The zero-order chi connectivity index (χ0) is 14.4. The third-order valence-electron chi connectivity index (χ3n) is 0.834. The third kappa shape index (κ3) is 40.3. The van der Waals surface area contributed by atoms with Crippen LogP contribution in [0.2, 0.25) is 0 Å². The number of hydrogen-bond acceptors (Lipinski definition) is 2. The van der Waals surface area contributed by atoms with Crippen LogP contribution < -0.4 is 0 Å². The Kier molecular flexibility index (Phi) is 17.8. The first-order chi connectivity index (χ1) is 7.68. The molecule has 0 atom stereocenters. The van der Waals surface area contributed by atoms with Gasteiger partial charge < -0.3 is 10.2 Å². The maximum absolute atomic E-state index is 9.87. The number of carboxylic acids is 2. The Balaban J connectivity index is -0.000000205. The van der Waals surface area contributed by atoms with Gasteiger partial charge in [0.2, 0.25) is 0 Å². The molecule has 0 aliphatic heterocycles. The zero-order valence-electron chi connectivity index (χ0n) is 9.16. The minimum atomic E-state index is -1.27. The SMILES string of the molecule is C=C(CC(=O)O)C(=O)O.C=C(Cl)Cl.C=CC=C. The Morgan fingerprint density at radius 1 is 1.06 bits per heavy atom. The van der Waals surface area contributed by atoms with Gasteiger partial charge in [0.05, 0.1) is 10.9 Å². The van der Waals surface area contributed by atoms with Crippen LogP contribution in [0.4, 0.5) is 0 Å². The number of aliphatic carboxylic acids is 2. The minimum Gasteiger partial charge on any atom is -0.481 e. The summed E-state index contributed by atoms with van der Waals surface area (Å²) in [6.07, 6.45) is 2.77. The Morgan fingerprint density at radius 3 is 1.41 bits per heavy atom. The molecule has 0 rings (SSSR count). The highest BCUT2D eigenvalue weighted by Crippen LogP contribution is 1.98. The van der Waals surface area contributed by atoms with E-state index in [0.29, 0.717) is 0 Å². The minimum absolute atomic E-state index is 0.111. The molecule has 0 aromatic heterocycles. The lowest BCUT2D eigenvalue weighted by molar-refractivity contribution is -0.139.